The second-order valence-electron chi connectivity index (χ2n) is 18.9. The summed E-state index contributed by atoms with van der Waals surface area (Å²) in [7, 11) is 0. The zero-order chi connectivity index (χ0) is 51.2. The first-order chi connectivity index (χ1) is 32.4. The van der Waals surface area contributed by atoms with Crippen molar-refractivity contribution in [2.75, 3.05) is 51.5 Å². The van der Waals surface area contributed by atoms with Crippen LogP contribution in [0.15, 0.2) is 30.5 Å². The summed E-state index contributed by atoms with van der Waals surface area (Å²) < 4.78 is 34.4. The van der Waals surface area contributed by atoms with E-state index in [9.17, 15) is 38.4 Å². The van der Waals surface area contributed by atoms with E-state index in [1.165, 1.54) is 0 Å². The van der Waals surface area contributed by atoms with Gasteiger partial charge in [0.25, 0.3) is 11.8 Å². The van der Waals surface area contributed by atoms with E-state index in [0.717, 1.165) is 5.56 Å². The number of amides is 6. The molecule has 0 spiro atoms. The van der Waals surface area contributed by atoms with Gasteiger partial charge in [0.1, 0.15) is 34.6 Å². The summed E-state index contributed by atoms with van der Waals surface area (Å²) in [6.07, 6.45) is 2.42. The predicted molar refractivity (Wildman–Crippen MR) is 247 cm³/mol. The SMILES string of the molecule is CC(C)(C)OC(=O)CC[C@H](NC(=O)N[C@@H](CCCCNC(=O)Nc1cccc(-c2cn(CCOCCOCCOCCC(=O)ON3C(=O)CCC3=O)nn2)c1)C(=O)OC(C)(C)C)C(=O)OC(C)(C)C. The third kappa shape index (κ3) is 24.1. The molecule has 23 heteroatoms. The number of imide groups is 1. The molecule has 2 aromatic rings. The molecule has 3 rings (SSSR count). The Morgan fingerprint density at radius 3 is 1.83 bits per heavy atom. The zero-order valence-electron chi connectivity index (χ0n) is 41.3. The number of hydrogen-bond donors (Lipinski definition) is 4. The molecule has 0 aliphatic carbocycles. The van der Waals surface area contributed by atoms with Crippen LogP contribution in [0, 0.1) is 0 Å². The average Bonchev–Trinajstić information content (AvgIpc) is 3.84. The van der Waals surface area contributed by atoms with Crippen molar-refractivity contribution in [1.82, 2.24) is 36.0 Å². The molecular weight excluding hydrogens is 905 g/mol. The number of anilines is 1. The number of nitrogens with zero attached hydrogens (tertiary/aromatic N) is 4. The predicted octanol–water partition coefficient (Wildman–Crippen LogP) is 4.13. The van der Waals surface area contributed by atoms with Gasteiger partial charge in [-0.1, -0.05) is 17.3 Å². The van der Waals surface area contributed by atoms with Crippen molar-refractivity contribution in [2.45, 2.75) is 149 Å². The summed E-state index contributed by atoms with van der Waals surface area (Å²) in [4.78, 5) is 104. The molecule has 0 radical (unpaired) electrons. The van der Waals surface area contributed by atoms with Gasteiger partial charge in [-0.25, -0.2) is 28.7 Å². The second-order valence-corrected chi connectivity index (χ2v) is 18.9. The van der Waals surface area contributed by atoms with Gasteiger partial charge in [-0.05, 0) is 100 Å². The van der Waals surface area contributed by atoms with Gasteiger partial charge in [-0.15, -0.1) is 10.2 Å². The van der Waals surface area contributed by atoms with Gasteiger partial charge in [0.15, 0.2) is 0 Å². The van der Waals surface area contributed by atoms with Crippen LogP contribution in [-0.4, -0.2) is 143 Å². The van der Waals surface area contributed by atoms with Gasteiger partial charge in [0, 0.05) is 37.1 Å². The molecule has 23 nitrogen and oxygen atoms in total. The van der Waals surface area contributed by atoms with Gasteiger partial charge >= 0.3 is 35.9 Å². The molecule has 384 valence electrons. The van der Waals surface area contributed by atoms with Gasteiger partial charge in [0.05, 0.1) is 58.8 Å². The van der Waals surface area contributed by atoms with Crippen LogP contribution < -0.4 is 21.3 Å². The Hall–Kier alpha value is -6.20. The normalized spacial score (nSPS) is 13.8. The highest BCUT2D eigenvalue weighted by Crippen LogP contribution is 2.21. The molecule has 1 fully saturated rings. The first kappa shape index (κ1) is 57.1. The third-order valence-electron chi connectivity index (χ3n) is 9.07. The van der Waals surface area contributed by atoms with Gasteiger partial charge < -0.3 is 54.5 Å². The number of unbranched alkanes of at least 4 members (excludes halogenated alkanes) is 1. The van der Waals surface area contributed by atoms with Crippen LogP contribution in [0.5, 0.6) is 0 Å². The van der Waals surface area contributed by atoms with Crippen LogP contribution in [0.4, 0.5) is 15.3 Å². The average molecular weight is 975 g/mol. The van der Waals surface area contributed by atoms with Crippen molar-refractivity contribution in [3.05, 3.63) is 30.5 Å². The van der Waals surface area contributed by atoms with Crippen LogP contribution >= 0.6 is 0 Å². The molecule has 0 unspecified atom stereocenters. The number of urea groups is 2. The summed E-state index contributed by atoms with van der Waals surface area (Å²) in [5, 5.41) is 19.6. The van der Waals surface area contributed by atoms with Crippen LogP contribution in [0.2, 0.25) is 0 Å². The highest BCUT2D eigenvalue weighted by Gasteiger charge is 2.33. The zero-order valence-corrected chi connectivity index (χ0v) is 41.3. The minimum Gasteiger partial charge on any atom is -0.460 e. The number of esters is 3. The Morgan fingerprint density at radius 2 is 1.23 bits per heavy atom. The highest BCUT2D eigenvalue weighted by molar-refractivity contribution is 6.01. The topological polar surface area (TPSA) is 283 Å². The minimum absolute atomic E-state index is 0.0286. The molecule has 1 saturated heterocycles. The summed E-state index contributed by atoms with van der Waals surface area (Å²) in [6.45, 7) is 17.5. The van der Waals surface area contributed by atoms with E-state index < -0.39 is 76.6 Å². The lowest BCUT2D eigenvalue weighted by Crippen LogP contribution is -2.53. The number of hydroxylamine groups is 2. The molecule has 2 atom stereocenters. The second kappa shape index (κ2) is 27.7. The number of hydrogen-bond acceptors (Lipinski definition) is 17. The molecule has 1 aliphatic heterocycles. The molecule has 1 aliphatic rings. The van der Waals surface area contributed by atoms with Crippen LogP contribution in [0.25, 0.3) is 11.3 Å². The maximum atomic E-state index is 13.2. The van der Waals surface area contributed by atoms with E-state index in [-0.39, 0.29) is 64.9 Å². The van der Waals surface area contributed by atoms with Crippen molar-refractivity contribution in [1.29, 1.82) is 0 Å². The summed E-state index contributed by atoms with van der Waals surface area (Å²) in [6, 6.07) is 3.47. The number of nitrogens with one attached hydrogen (secondary N) is 4. The Balaban J connectivity index is 1.37. The lowest BCUT2D eigenvalue weighted by atomic mass is 10.1. The van der Waals surface area contributed by atoms with E-state index in [0.29, 0.717) is 55.7 Å². The lowest BCUT2D eigenvalue weighted by molar-refractivity contribution is -0.198. The van der Waals surface area contributed by atoms with Gasteiger partial charge in [-0.2, -0.15) is 0 Å². The standard InChI is InChI=1S/C46H70N8O15/c1-44(2,3)66-38(57)19-16-34(41(60)68-46(7,8)9)50-43(62)49-33(40(59)67-45(4,5)6)15-10-11-21-47-42(61)48-32-14-12-13-31(29-32)35-30-53(52-51-35)22-24-64-26-28-65-27-25-63-23-20-39(58)69-54-36(55)17-18-37(54)56/h12-14,29-30,33-34H,10-11,15-28H2,1-9H3,(H2,47,48,61)(H2,49,50,62)/t33-,34-/m0/s1. The molecule has 6 amide bonds. The quantitative estimate of drug-likeness (QED) is 0.0424. The molecule has 69 heavy (non-hydrogen) atoms. The fraction of sp³-hybridized carbons (Fsp3) is 0.652. The van der Waals surface area contributed by atoms with Crippen molar-refractivity contribution < 1.29 is 71.6 Å². The number of benzene rings is 1. The van der Waals surface area contributed by atoms with E-state index in [1.54, 1.807) is 91.4 Å². The summed E-state index contributed by atoms with van der Waals surface area (Å²) in [5.74, 6) is -3.80. The Morgan fingerprint density at radius 1 is 0.667 bits per heavy atom. The maximum Gasteiger partial charge on any atom is 0.335 e. The Kier molecular flexibility index (Phi) is 22.9. The first-order valence-corrected chi connectivity index (χ1v) is 23.0. The maximum absolute atomic E-state index is 13.2. The van der Waals surface area contributed by atoms with Gasteiger partial charge in [0.2, 0.25) is 0 Å². The molecule has 0 saturated carbocycles. The number of aromatic nitrogens is 3. The van der Waals surface area contributed by atoms with Gasteiger partial charge in [-0.3, -0.25) is 14.4 Å². The molecule has 2 heterocycles. The van der Waals surface area contributed by atoms with E-state index in [2.05, 4.69) is 31.6 Å². The smallest absolute Gasteiger partial charge is 0.335 e. The number of carbonyl (C=O) groups excluding carboxylic acids is 8. The largest absolute Gasteiger partial charge is 0.460 e. The minimum atomic E-state index is -1.22. The van der Waals surface area contributed by atoms with Crippen LogP contribution in [-0.2, 0) is 68.6 Å². The number of rotatable bonds is 27. The van der Waals surface area contributed by atoms with Crippen molar-refractivity contribution in [3.63, 3.8) is 0 Å². The van der Waals surface area contributed by atoms with Crippen LogP contribution in [0.1, 0.15) is 114 Å². The third-order valence-corrected chi connectivity index (χ3v) is 9.07. The Labute approximate surface area is 402 Å². The summed E-state index contributed by atoms with van der Waals surface area (Å²) in [5.41, 5.74) is -0.652. The number of ether oxygens (including phenoxy) is 6. The number of carbonyl (C=O) groups is 8. The first-order valence-electron chi connectivity index (χ1n) is 23.0. The van der Waals surface area contributed by atoms with E-state index in [4.69, 9.17) is 33.3 Å². The summed E-state index contributed by atoms with van der Waals surface area (Å²) >= 11 is 0. The monoisotopic (exact) mass is 974 g/mol. The highest BCUT2D eigenvalue weighted by atomic mass is 16.7. The molecule has 4 N–H and O–H groups in total. The fourth-order valence-corrected chi connectivity index (χ4v) is 6.06. The molecule has 1 aromatic carbocycles. The van der Waals surface area contributed by atoms with E-state index in [1.807, 2.05) is 6.07 Å². The lowest BCUT2D eigenvalue weighted by Gasteiger charge is -2.27. The molecular formula is C46H70N8O15. The van der Waals surface area contributed by atoms with Crippen molar-refractivity contribution in [2.24, 2.45) is 0 Å². The Bertz CT molecular complexity index is 2020. The molecule has 1 aromatic heterocycles. The molecule has 0 bridgehead atoms. The fourth-order valence-electron chi connectivity index (χ4n) is 6.06. The van der Waals surface area contributed by atoms with Crippen molar-refractivity contribution >= 4 is 53.4 Å². The van der Waals surface area contributed by atoms with Crippen molar-refractivity contribution in [3.8, 4) is 11.3 Å². The van der Waals surface area contributed by atoms with E-state index >= 15 is 0 Å². The van der Waals surface area contributed by atoms with Crippen LogP contribution in [0.3, 0.4) is 0 Å².